The zero-order valence-corrected chi connectivity index (χ0v) is 16.9. The molecule has 1 saturated heterocycles. The van der Waals surface area contributed by atoms with Gasteiger partial charge in [0.2, 0.25) is 0 Å². The van der Waals surface area contributed by atoms with Crippen LogP contribution in [-0.2, 0) is 34.5 Å². The predicted molar refractivity (Wildman–Crippen MR) is 108 cm³/mol. The van der Waals surface area contributed by atoms with Crippen LogP contribution in [0.3, 0.4) is 0 Å². The maximum absolute atomic E-state index is 13.6. The number of hydrogen-bond acceptors (Lipinski definition) is 4. The summed E-state index contributed by atoms with van der Waals surface area (Å²) in [5, 5.41) is 13.0. The second-order valence-corrected chi connectivity index (χ2v) is 8.07. The van der Waals surface area contributed by atoms with Gasteiger partial charge in [0, 0.05) is 5.56 Å². The molecule has 7 heteroatoms. The first-order valence-corrected chi connectivity index (χ1v) is 10.1. The Balaban J connectivity index is 1.38. The van der Waals surface area contributed by atoms with E-state index in [0.717, 1.165) is 29.7 Å². The van der Waals surface area contributed by atoms with E-state index in [0.29, 0.717) is 5.56 Å². The molecule has 3 amide bonds. The third-order valence-electron chi connectivity index (χ3n) is 5.87. The van der Waals surface area contributed by atoms with Gasteiger partial charge in [-0.25, -0.2) is 9.18 Å². The number of carbonyl (C=O) groups is 2. The summed E-state index contributed by atoms with van der Waals surface area (Å²) in [4.78, 5) is 26.5. The van der Waals surface area contributed by atoms with E-state index in [2.05, 4.69) is 5.32 Å². The average Bonchev–Trinajstić information content (AvgIpc) is 3.28. The fraction of sp³-hybridized carbons (Fsp3) is 0.391. The highest BCUT2D eigenvalue weighted by Gasteiger charge is 2.49. The topological polar surface area (TPSA) is 78.9 Å². The van der Waals surface area contributed by atoms with E-state index < -0.39 is 23.6 Å². The largest absolute Gasteiger partial charge is 0.389 e. The van der Waals surface area contributed by atoms with E-state index in [4.69, 9.17) is 4.74 Å². The number of aliphatic hydroxyl groups is 1. The minimum absolute atomic E-state index is 0.00326. The number of hydrogen-bond donors (Lipinski definition) is 2. The van der Waals surface area contributed by atoms with Crippen LogP contribution in [0.4, 0.5) is 9.18 Å². The van der Waals surface area contributed by atoms with Crippen LogP contribution in [0.5, 0.6) is 0 Å². The number of rotatable bonds is 7. The second kappa shape index (κ2) is 8.16. The Labute approximate surface area is 174 Å². The maximum atomic E-state index is 13.6. The van der Waals surface area contributed by atoms with Gasteiger partial charge in [0.05, 0.1) is 25.9 Å². The fourth-order valence-electron chi connectivity index (χ4n) is 4.13. The third-order valence-corrected chi connectivity index (χ3v) is 5.87. The Hall–Kier alpha value is -2.77. The van der Waals surface area contributed by atoms with E-state index in [-0.39, 0.29) is 25.6 Å². The Bertz CT molecular complexity index is 979. The molecule has 0 bridgehead atoms. The number of aliphatic hydroxyl groups excluding tert-OH is 1. The lowest BCUT2D eigenvalue weighted by Gasteiger charge is -2.24. The zero-order chi connectivity index (χ0) is 21.3. The average molecular weight is 412 g/mol. The lowest BCUT2D eigenvalue weighted by Crippen LogP contribution is -2.42. The lowest BCUT2D eigenvalue weighted by atomic mass is 9.89. The van der Waals surface area contributed by atoms with E-state index in [1.54, 1.807) is 25.1 Å². The summed E-state index contributed by atoms with van der Waals surface area (Å²) in [5.41, 5.74) is 2.47. The molecule has 2 aliphatic rings. The van der Waals surface area contributed by atoms with Crippen LogP contribution in [0.1, 0.15) is 35.6 Å². The van der Waals surface area contributed by atoms with E-state index in [1.807, 2.05) is 18.2 Å². The van der Waals surface area contributed by atoms with Gasteiger partial charge in [0.1, 0.15) is 11.4 Å². The molecular formula is C23H25FN2O4. The van der Waals surface area contributed by atoms with Crippen molar-refractivity contribution in [2.24, 2.45) is 0 Å². The van der Waals surface area contributed by atoms with Gasteiger partial charge < -0.3 is 15.2 Å². The number of ether oxygens (including phenoxy) is 1. The normalized spacial score (nSPS) is 21.6. The molecule has 2 atom stereocenters. The van der Waals surface area contributed by atoms with Crippen LogP contribution in [0.15, 0.2) is 42.5 Å². The number of nitrogens with one attached hydrogen (secondary N) is 1. The minimum atomic E-state index is -1.16. The number of amides is 3. The van der Waals surface area contributed by atoms with Crippen molar-refractivity contribution in [1.29, 1.82) is 0 Å². The Morgan fingerprint density at radius 2 is 1.97 bits per heavy atom. The Morgan fingerprint density at radius 3 is 2.77 bits per heavy atom. The van der Waals surface area contributed by atoms with Crippen LogP contribution >= 0.6 is 0 Å². The summed E-state index contributed by atoms with van der Waals surface area (Å²) in [7, 11) is 0. The highest BCUT2D eigenvalue weighted by molar-refractivity contribution is 6.07. The number of nitrogens with zero attached hydrogens (tertiary/aromatic N) is 1. The van der Waals surface area contributed by atoms with Gasteiger partial charge in [-0.2, -0.15) is 0 Å². The Kier molecular flexibility index (Phi) is 5.58. The smallest absolute Gasteiger partial charge is 0.325 e. The quantitative estimate of drug-likeness (QED) is 0.686. The standard InChI is InChI=1S/C23H25FN2O4/c1-23(18-10-9-15-6-4-7-16(15)11-18)21(28)26(22(29)25-23)12-19(27)14-30-13-17-5-2-3-8-20(17)24/h2-3,5,8-11,19,27H,4,6-7,12-14H2,1H3,(H,25,29)/t19-,23-/m1/s1. The highest BCUT2D eigenvalue weighted by Crippen LogP contribution is 2.32. The molecule has 1 heterocycles. The van der Waals surface area contributed by atoms with Crippen LogP contribution in [-0.4, -0.2) is 41.2 Å². The molecule has 0 spiro atoms. The molecule has 6 nitrogen and oxygen atoms in total. The summed E-state index contributed by atoms with van der Waals surface area (Å²) >= 11 is 0. The lowest BCUT2D eigenvalue weighted by molar-refractivity contribution is -0.132. The van der Waals surface area contributed by atoms with Crippen LogP contribution < -0.4 is 5.32 Å². The van der Waals surface area contributed by atoms with Crippen molar-refractivity contribution in [3.63, 3.8) is 0 Å². The number of benzene rings is 2. The molecule has 0 radical (unpaired) electrons. The van der Waals surface area contributed by atoms with Crippen LogP contribution in [0.2, 0.25) is 0 Å². The number of fused-ring (bicyclic) bond motifs is 1. The molecule has 1 aliphatic carbocycles. The molecule has 2 aromatic carbocycles. The molecular weight excluding hydrogens is 387 g/mol. The second-order valence-electron chi connectivity index (χ2n) is 8.07. The van der Waals surface area contributed by atoms with Gasteiger partial charge in [0.25, 0.3) is 5.91 Å². The first kappa shape index (κ1) is 20.5. The molecule has 2 aromatic rings. The van der Waals surface area contributed by atoms with Gasteiger partial charge in [-0.3, -0.25) is 9.69 Å². The molecule has 0 unspecified atom stereocenters. The van der Waals surface area contributed by atoms with Gasteiger partial charge in [-0.1, -0.05) is 36.4 Å². The van der Waals surface area contributed by atoms with Gasteiger partial charge in [-0.15, -0.1) is 0 Å². The molecule has 158 valence electrons. The van der Waals surface area contributed by atoms with Crippen LogP contribution in [0.25, 0.3) is 0 Å². The maximum Gasteiger partial charge on any atom is 0.325 e. The van der Waals surface area contributed by atoms with Gasteiger partial charge in [-0.05, 0) is 48.9 Å². The van der Waals surface area contributed by atoms with Crippen molar-refractivity contribution >= 4 is 11.9 Å². The summed E-state index contributed by atoms with van der Waals surface area (Å²) in [6.45, 7) is 1.37. The third kappa shape index (κ3) is 3.82. The van der Waals surface area contributed by atoms with Gasteiger partial charge >= 0.3 is 6.03 Å². The fourth-order valence-corrected chi connectivity index (χ4v) is 4.13. The molecule has 2 N–H and O–H groups in total. The van der Waals surface area contributed by atoms with Crippen molar-refractivity contribution in [3.8, 4) is 0 Å². The van der Waals surface area contributed by atoms with Crippen LogP contribution in [0, 0.1) is 5.82 Å². The van der Waals surface area contributed by atoms with E-state index >= 15 is 0 Å². The summed E-state index contributed by atoms with van der Waals surface area (Å²) < 4.78 is 19.0. The highest BCUT2D eigenvalue weighted by atomic mass is 19.1. The summed E-state index contributed by atoms with van der Waals surface area (Å²) in [5.74, 6) is -0.787. The van der Waals surface area contributed by atoms with Crippen molar-refractivity contribution in [3.05, 3.63) is 70.5 Å². The molecule has 30 heavy (non-hydrogen) atoms. The summed E-state index contributed by atoms with van der Waals surface area (Å²) in [6.07, 6.45) is 2.04. The number of imide groups is 1. The monoisotopic (exact) mass is 412 g/mol. The zero-order valence-electron chi connectivity index (χ0n) is 16.9. The molecule has 0 saturated carbocycles. The van der Waals surface area contributed by atoms with Gasteiger partial charge in [0.15, 0.2) is 0 Å². The van der Waals surface area contributed by atoms with Crippen molar-refractivity contribution in [1.82, 2.24) is 10.2 Å². The minimum Gasteiger partial charge on any atom is -0.389 e. The molecule has 1 aliphatic heterocycles. The predicted octanol–water partition coefficient (Wildman–Crippen LogP) is 2.66. The Morgan fingerprint density at radius 1 is 1.20 bits per heavy atom. The SMILES string of the molecule is C[C@]1(c2ccc3c(c2)CCC3)NC(=O)N(C[C@@H](O)COCc2ccccc2F)C1=O. The molecule has 1 fully saturated rings. The number of halogens is 1. The number of carbonyl (C=O) groups excluding carboxylic acids is 2. The summed E-state index contributed by atoms with van der Waals surface area (Å²) in [6, 6.07) is 11.6. The van der Waals surface area contributed by atoms with Crippen molar-refractivity contribution in [2.45, 2.75) is 44.4 Å². The van der Waals surface area contributed by atoms with E-state index in [9.17, 15) is 19.1 Å². The first-order chi connectivity index (χ1) is 14.4. The first-order valence-electron chi connectivity index (χ1n) is 10.1. The number of urea groups is 1. The number of aryl methyl sites for hydroxylation is 2. The molecule has 4 rings (SSSR count). The van der Waals surface area contributed by atoms with Crippen molar-refractivity contribution < 1.29 is 23.8 Å². The van der Waals surface area contributed by atoms with E-state index in [1.165, 1.54) is 17.2 Å². The number of β-amino-alcohol motifs (C(OH)–C–C–N with tert-alkyl or cyclic N) is 1. The molecule has 0 aromatic heterocycles. The van der Waals surface area contributed by atoms with Crippen molar-refractivity contribution in [2.75, 3.05) is 13.2 Å².